The Kier molecular flexibility index (Phi) is 5.18. The molecule has 2 atom stereocenters. The SMILES string of the molecule is O=C(O)CC(C(=O)O)C1=Nc2c(C(CC(=O)O)C(=O)O)ccc3cccc(c23)N1. The molecule has 0 aliphatic carbocycles. The van der Waals surface area contributed by atoms with Gasteiger partial charge in [-0.05, 0) is 17.0 Å². The van der Waals surface area contributed by atoms with Crippen LogP contribution in [0.15, 0.2) is 35.3 Å². The molecule has 0 aromatic heterocycles. The second-order valence-corrected chi connectivity index (χ2v) is 6.51. The van der Waals surface area contributed by atoms with Crippen LogP contribution in [-0.4, -0.2) is 50.1 Å². The van der Waals surface area contributed by atoms with Crippen molar-refractivity contribution >= 4 is 51.9 Å². The average Bonchev–Trinajstić information content (AvgIpc) is 2.64. The van der Waals surface area contributed by atoms with Gasteiger partial charge in [-0.2, -0.15) is 0 Å². The van der Waals surface area contributed by atoms with Crippen molar-refractivity contribution < 1.29 is 39.6 Å². The highest BCUT2D eigenvalue weighted by Crippen LogP contribution is 2.42. The highest BCUT2D eigenvalue weighted by Gasteiger charge is 2.33. The van der Waals surface area contributed by atoms with Crippen LogP contribution in [0.25, 0.3) is 10.8 Å². The van der Waals surface area contributed by atoms with Gasteiger partial charge in [-0.15, -0.1) is 0 Å². The zero-order valence-corrected chi connectivity index (χ0v) is 14.8. The van der Waals surface area contributed by atoms with Crippen LogP contribution in [-0.2, 0) is 19.2 Å². The van der Waals surface area contributed by atoms with Crippen LogP contribution in [0.1, 0.15) is 24.3 Å². The lowest BCUT2D eigenvalue weighted by atomic mass is 9.90. The Hall–Kier alpha value is -3.95. The molecule has 1 aliphatic rings. The predicted octanol–water partition coefficient (Wildman–Crippen LogP) is 2.11. The molecule has 0 radical (unpaired) electrons. The molecule has 0 amide bonds. The van der Waals surface area contributed by atoms with Crippen LogP contribution in [0.2, 0.25) is 0 Å². The minimum Gasteiger partial charge on any atom is -0.481 e. The zero-order chi connectivity index (χ0) is 21.3. The lowest BCUT2D eigenvalue weighted by Crippen LogP contribution is -2.33. The molecule has 2 unspecified atom stereocenters. The van der Waals surface area contributed by atoms with E-state index in [1.165, 1.54) is 6.07 Å². The minimum absolute atomic E-state index is 0.110. The van der Waals surface area contributed by atoms with Crippen molar-refractivity contribution in [3.63, 3.8) is 0 Å². The van der Waals surface area contributed by atoms with E-state index >= 15 is 0 Å². The van der Waals surface area contributed by atoms with Crippen LogP contribution in [0.4, 0.5) is 11.4 Å². The molecular weight excluding hydrogens is 384 g/mol. The summed E-state index contributed by atoms with van der Waals surface area (Å²) in [5, 5.41) is 41.1. The molecule has 29 heavy (non-hydrogen) atoms. The first-order chi connectivity index (χ1) is 13.7. The highest BCUT2D eigenvalue weighted by molar-refractivity contribution is 6.19. The maximum atomic E-state index is 11.7. The molecule has 0 saturated heterocycles. The number of hydrogen-bond donors (Lipinski definition) is 5. The van der Waals surface area contributed by atoms with Crippen molar-refractivity contribution in [2.45, 2.75) is 18.8 Å². The fourth-order valence-corrected chi connectivity index (χ4v) is 3.31. The van der Waals surface area contributed by atoms with Gasteiger partial charge in [0.25, 0.3) is 0 Å². The van der Waals surface area contributed by atoms with Crippen molar-refractivity contribution in [2.24, 2.45) is 10.9 Å². The molecule has 1 heterocycles. The van der Waals surface area contributed by atoms with E-state index in [1.54, 1.807) is 24.3 Å². The van der Waals surface area contributed by atoms with Crippen molar-refractivity contribution in [3.8, 4) is 0 Å². The summed E-state index contributed by atoms with van der Waals surface area (Å²) < 4.78 is 0. The molecule has 0 saturated carbocycles. The number of rotatable bonds is 8. The van der Waals surface area contributed by atoms with Gasteiger partial charge in [0.05, 0.1) is 24.4 Å². The number of carbonyl (C=O) groups is 4. The molecule has 10 nitrogen and oxygen atoms in total. The average molecular weight is 400 g/mol. The largest absolute Gasteiger partial charge is 0.481 e. The Balaban J connectivity index is 2.25. The topological polar surface area (TPSA) is 174 Å². The summed E-state index contributed by atoms with van der Waals surface area (Å²) in [5.74, 6) is -8.49. The van der Waals surface area contributed by atoms with Crippen LogP contribution >= 0.6 is 0 Å². The van der Waals surface area contributed by atoms with Crippen LogP contribution in [0.3, 0.4) is 0 Å². The first-order valence-electron chi connectivity index (χ1n) is 8.49. The zero-order valence-electron chi connectivity index (χ0n) is 14.8. The van der Waals surface area contributed by atoms with Crippen LogP contribution in [0.5, 0.6) is 0 Å². The number of nitrogens with zero attached hydrogens (tertiary/aromatic N) is 1. The van der Waals surface area contributed by atoms with E-state index in [2.05, 4.69) is 10.3 Å². The molecule has 0 bridgehead atoms. The number of hydrogen-bond acceptors (Lipinski definition) is 6. The van der Waals surface area contributed by atoms with Gasteiger partial charge in [0.15, 0.2) is 0 Å². The van der Waals surface area contributed by atoms with E-state index in [4.69, 9.17) is 10.2 Å². The van der Waals surface area contributed by atoms with Crippen LogP contribution in [0, 0.1) is 5.92 Å². The van der Waals surface area contributed by atoms with E-state index in [0.29, 0.717) is 16.5 Å². The first kappa shape index (κ1) is 19.8. The second-order valence-electron chi connectivity index (χ2n) is 6.51. The number of anilines is 1. The van der Waals surface area contributed by atoms with E-state index in [9.17, 15) is 29.4 Å². The second kappa shape index (κ2) is 7.58. The molecule has 1 aliphatic heterocycles. The third kappa shape index (κ3) is 3.86. The van der Waals surface area contributed by atoms with Gasteiger partial charge in [-0.25, -0.2) is 4.99 Å². The smallest absolute Gasteiger partial charge is 0.314 e. The Morgan fingerprint density at radius 1 is 0.862 bits per heavy atom. The van der Waals surface area contributed by atoms with Gasteiger partial charge in [-0.3, -0.25) is 19.2 Å². The van der Waals surface area contributed by atoms with Gasteiger partial charge in [-0.1, -0.05) is 24.3 Å². The summed E-state index contributed by atoms with van der Waals surface area (Å²) in [4.78, 5) is 49.8. The van der Waals surface area contributed by atoms with E-state index in [1.807, 2.05) is 0 Å². The van der Waals surface area contributed by atoms with Gasteiger partial charge >= 0.3 is 23.9 Å². The molecule has 2 aromatic rings. The summed E-state index contributed by atoms with van der Waals surface area (Å²) >= 11 is 0. The molecular formula is C19H16N2O8. The summed E-state index contributed by atoms with van der Waals surface area (Å²) in [7, 11) is 0. The van der Waals surface area contributed by atoms with Crippen molar-refractivity contribution in [2.75, 3.05) is 5.32 Å². The van der Waals surface area contributed by atoms with Gasteiger partial charge in [0, 0.05) is 11.1 Å². The minimum atomic E-state index is -1.49. The summed E-state index contributed by atoms with van der Waals surface area (Å²) in [6.45, 7) is 0. The third-order valence-corrected chi connectivity index (χ3v) is 4.60. The van der Waals surface area contributed by atoms with E-state index < -0.39 is 48.6 Å². The number of aliphatic carboxylic acids is 4. The normalized spacial score (nSPS) is 14.4. The maximum absolute atomic E-state index is 11.7. The predicted molar refractivity (Wildman–Crippen MR) is 101 cm³/mol. The molecule has 10 heteroatoms. The molecule has 3 rings (SSSR count). The number of aliphatic imine (C=N–C) groups is 1. The Morgan fingerprint density at radius 3 is 2.07 bits per heavy atom. The lowest BCUT2D eigenvalue weighted by molar-refractivity contribution is -0.145. The van der Waals surface area contributed by atoms with Gasteiger partial charge < -0.3 is 25.7 Å². The van der Waals surface area contributed by atoms with Crippen molar-refractivity contribution in [1.29, 1.82) is 0 Å². The summed E-state index contributed by atoms with van der Waals surface area (Å²) in [6, 6.07) is 8.13. The lowest BCUT2D eigenvalue weighted by Gasteiger charge is -2.25. The summed E-state index contributed by atoms with van der Waals surface area (Å²) in [5.41, 5.74) is 0.663. The number of carboxylic acids is 4. The van der Waals surface area contributed by atoms with Crippen molar-refractivity contribution in [1.82, 2.24) is 0 Å². The Morgan fingerprint density at radius 2 is 1.48 bits per heavy atom. The fraction of sp³-hybridized carbons (Fsp3) is 0.211. The number of amidine groups is 1. The number of nitrogens with one attached hydrogen (secondary N) is 1. The quantitative estimate of drug-likeness (QED) is 0.444. The first-order valence-corrected chi connectivity index (χ1v) is 8.49. The molecule has 0 spiro atoms. The number of carboxylic acid groups (broad SMARTS) is 4. The standard InChI is InChI=1S/C19H16N2O8/c22-13(23)6-10(18(26)27)9-5-4-8-2-1-3-12-15(8)16(9)21-17(20-12)11(19(28)29)7-14(24)25/h1-5,10-11H,6-7H2,(H,20,21)(H,22,23)(H,24,25)(H,26,27)(H,28,29). The summed E-state index contributed by atoms with van der Waals surface area (Å²) in [6.07, 6.45) is -1.42. The van der Waals surface area contributed by atoms with Gasteiger partial charge in [0.2, 0.25) is 0 Å². The monoisotopic (exact) mass is 400 g/mol. The molecule has 0 fully saturated rings. The number of benzene rings is 2. The van der Waals surface area contributed by atoms with Gasteiger partial charge in [0.1, 0.15) is 11.8 Å². The Bertz CT molecular complexity index is 1080. The molecule has 2 aromatic carbocycles. The van der Waals surface area contributed by atoms with Crippen LogP contribution < -0.4 is 5.32 Å². The molecule has 150 valence electrons. The van der Waals surface area contributed by atoms with E-state index in [-0.39, 0.29) is 17.1 Å². The molecule has 5 N–H and O–H groups in total. The highest BCUT2D eigenvalue weighted by atomic mass is 16.4. The fourth-order valence-electron chi connectivity index (χ4n) is 3.31. The third-order valence-electron chi connectivity index (χ3n) is 4.60. The maximum Gasteiger partial charge on any atom is 0.314 e. The Labute approximate surface area is 163 Å². The van der Waals surface area contributed by atoms with Crippen molar-refractivity contribution in [3.05, 3.63) is 35.9 Å². The van der Waals surface area contributed by atoms with E-state index in [0.717, 1.165) is 0 Å².